The van der Waals surface area contributed by atoms with Gasteiger partial charge in [0, 0.05) is 5.56 Å². The highest BCUT2D eigenvalue weighted by atomic mass is 16.5. The molecule has 0 aliphatic rings. The van der Waals surface area contributed by atoms with E-state index in [2.05, 4.69) is 45.1 Å². The maximum atomic E-state index is 5.54. The standard InChI is InChI=1S/C15H25NO/c1-10-7-11(2)15(14(8-10)17-6)13(4)12(3)9-16-5/h7-8,12-13,16H,9H2,1-6H3. The minimum Gasteiger partial charge on any atom is -0.496 e. The van der Waals surface area contributed by atoms with Gasteiger partial charge in [0.05, 0.1) is 7.11 Å². The van der Waals surface area contributed by atoms with Crippen molar-refractivity contribution in [2.45, 2.75) is 33.6 Å². The van der Waals surface area contributed by atoms with Crippen molar-refractivity contribution in [3.05, 3.63) is 28.8 Å². The molecule has 1 aromatic carbocycles. The molecule has 0 spiro atoms. The maximum absolute atomic E-state index is 5.54. The molecule has 1 aromatic rings. The maximum Gasteiger partial charge on any atom is 0.122 e. The highest BCUT2D eigenvalue weighted by molar-refractivity contribution is 5.45. The van der Waals surface area contributed by atoms with Crippen molar-refractivity contribution in [2.75, 3.05) is 20.7 Å². The molecule has 2 atom stereocenters. The number of hydrogen-bond acceptors (Lipinski definition) is 2. The molecule has 0 amide bonds. The zero-order chi connectivity index (χ0) is 13.0. The third kappa shape index (κ3) is 3.22. The average Bonchev–Trinajstić information content (AvgIpc) is 2.27. The van der Waals surface area contributed by atoms with Crippen LogP contribution in [0.3, 0.4) is 0 Å². The van der Waals surface area contributed by atoms with Gasteiger partial charge in [-0.25, -0.2) is 0 Å². The van der Waals surface area contributed by atoms with Gasteiger partial charge in [0.15, 0.2) is 0 Å². The normalized spacial score (nSPS) is 14.5. The molecular formula is C15H25NO. The van der Waals surface area contributed by atoms with Crippen molar-refractivity contribution in [2.24, 2.45) is 5.92 Å². The van der Waals surface area contributed by atoms with Crippen LogP contribution in [0.25, 0.3) is 0 Å². The molecule has 1 rings (SSSR count). The number of nitrogens with one attached hydrogen (secondary N) is 1. The minimum absolute atomic E-state index is 0.498. The lowest BCUT2D eigenvalue weighted by atomic mass is 9.85. The summed E-state index contributed by atoms with van der Waals surface area (Å²) in [5, 5.41) is 3.25. The fourth-order valence-electron chi connectivity index (χ4n) is 2.48. The molecule has 0 aromatic heterocycles. The summed E-state index contributed by atoms with van der Waals surface area (Å²) in [6.07, 6.45) is 0. The second-order valence-corrected chi connectivity index (χ2v) is 5.02. The van der Waals surface area contributed by atoms with Crippen LogP contribution in [-0.4, -0.2) is 20.7 Å². The molecule has 2 unspecified atom stereocenters. The molecule has 0 bridgehead atoms. The number of ether oxygens (including phenoxy) is 1. The third-order valence-electron chi connectivity index (χ3n) is 3.55. The summed E-state index contributed by atoms with van der Waals surface area (Å²) in [5.41, 5.74) is 3.94. The number of methoxy groups -OCH3 is 1. The number of hydrogen-bond donors (Lipinski definition) is 1. The number of rotatable bonds is 5. The first-order chi connectivity index (χ1) is 8.01. The van der Waals surface area contributed by atoms with Gasteiger partial charge >= 0.3 is 0 Å². The van der Waals surface area contributed by atoms with Gasteiger partial charge in [0.1, 0.15) is 5.75 Å². The van der Waals surface area contributed by atoms with Crippen LogP contribution in [0, 0.1) is 19.8 Å². The van der Waals surface area contributed by atoms with Crippen LogP contribution in [-0.2, 0) is 0 Å². The van der Waals surface area contributed by atoms with E-state index >= 15 is 0 Å². The van der Waals surface area contributed by atoms with Gasteiger partial charge in [-0.2, -0.15) is 0 Å². The van der Waals surface area contributed by atoms with E-state index in [4.69, 9.17) is 4.74 Å². The lowest BCUT2D eigenvalue weighted by Crippen LogP contribution is -2.21. The van der Waals surface area contributed by atoms with Crippen molar-refractivity contribution in [3.63, 3.8) is 0 Å². The Labute approximate surface area is 105 Å². The molecule has 0 aliphatic heterocycles. The van der Waals surface area contributed by atoms with Gasteiger partial charge in [0.25, 0.3) is 0 Å². The fraction of sp³-hybridized carbons (Fsp3) is 0.600. The Morgan fingerprint density at radius 1 is 1.24 bits per heavy atom. The first-order valence-electron chi connectivity index (χ1n) is 6.31. The molecule has 0 fully saturated rings. The van der Waals surface area contributed by atoms with Crippen LogP contribution in [0.15, 0.2) is 12.1 Å². The Balaban J connectivity index is 3.11. The lowest BCUT2D eigenvalue weighted by Gasteiger charge is -2.24. The molecule has 2 nitrogen and oxygen atoms in total. The van der Waals surface area contributed by atoms with Gasteiger partial charge in [-0.1, -0.05) is 19.9 Å². The van der Waals surface area contributed by atoms with Gasteiger partial charge in [-0.3, -0.25) is 0 Å². The van der Waals surface area contributed by atoms with Crippen LogP contribution < -0.4 is 10.1 Å². The largest absolute Gasteiger partial charge is 0.496 e. The van der Waals surface area contributed by atoms with Crippen molar-refractivity contribution >= 4 is 0 Å². The van der Waals surface area contributed by atoms with Crippen LogP contribution in [0.4, 0.5) is 0 Å². The SMILES string of the molecule is CNCC(C)C(C)c1c(C)cc(C)cc1OC. The van der Waals surface area contributed by atoms with Crippen LogP contribution in [0.2, 0.25) is 0 Å². The predicted octanol–water partition coefficient (Wildman–Crippen LogP) is 3.27. The monoisotopic (exact) mass is 235 g/mol. The molecule has 2 heteroatoms. The lowest BCUT2D eigenvalue weighted by molar-refractivity contribution is 0.391. The van der Waals surface area contributed by atoms with E-state index in [1.165, 1.54) is 16.7 Å². The van der Waals surface area contributed by atoms with Crippen LogP contribution in [0.1, 0.15) is 36.5 Å². The smallest absolute Gasteiger partial charge is 0.122 e. The molecule has 0 saturated heterocycles. The van der Waals surface area contributed by atoms with Gasteiger partial charge in [0.2, 0.25) is 0 Å². The molecule has 1 N–H and O–H groups in total. The Morgan fingerprint density at radius 3 is 2.41 bits per heavy atom. The summed E-state index contributed by atoms with van der Waals surface area (Å²) in [6.45, 7) is 9.87. The van der Waals surface area contributed by atoms with E-state index in [-0.39, 0.29) is 0 Å². The molecule has 17 heavy (non-hydrogen) atoms. The topological polar surface area (TPSA) is 21.3 Å². The molecule has 0 saturated carbocycles. The minimum atomic E-state index is 0.498. The van der Waals surface area contributed by atoms with E-state index in [0.717, 1.165) is 12.3 Å². The van der Waals surface area contributed by atoms with E-state index in [1.807, 2.05) is 7.05 Å². The quantitative estimate of drug-likeness (QED) is 0.845. The highest BCUT2D eigenvalue weighted by Crippen LogP contribution is 2.35. The summed E-state index contributed by atoms with van der Waals surface area (Å²) in [7, 11) is 3.76. The molecule has 0 aliphatic carbocycles. The number of benzene rings is 1. The first kappa shape index (κ1) is 14.0. The van der Waals surface area contributed by atoms with E-state index in [9.17, 15) is 0 Å². The fourth-order valence-corrected chi connectivity index (χ4v) is 2.48. The zero-order valence-corrected chi connectivity index (χ0v) is 11.9. The van der Waals surface area contributed by atoms with Crippen LogP contribution >= 0.6 is 0 Å². The Kier molecular flexibility index (Phi) is 5.01. The third-order valence-corrected chi connectivity index (χ3v) is 3.55. The summed E-state index contributed by atoms with van der Waals surface area (Å²) in [4.78, 5) is 0. The zero-order valence-electron chi connectivity index (χ0n) is 11.9. The van der Waals surface area contributed by atoms with Crippen molar-refractivity contribution in [3.8, 4) is 5.75 Å². The van der Waals surface area contributed by atoms with Gasteiger partial charge in [-0.15, -0.1) is 0 Å². The second kappa shape index (κ2) is 6.06. The van der Waals surface area contributed by atoms with E-state index in [1.54, 1.807) is 7.11 Å². The van der Waals surface area contributed by atoms with Crippen molar-refractivity contribution < 1.29 is 4.74 Å². The molecule has 0 radical (unpaired) electrons. The first-order valence-corrected chi connectivity index (χ1v) is 6.31. The van der Waals surface area contributed by atoms with E-state index in [0.29, 0.717) is 11.8 Å². The molecule has 96 valence electrons. The predicted molar refractivity (Wildman–Crippen MR) is 74.0 cm³/mol. The Bertz CT molecular complexity index is 373. The summed E-state index contributed by atoms with van der Waals surface area (Å²) >= 11 is 0. The molecule has 0 heterocycles. The number of aryl methyl sites for hydroxylation is 2. The van der Waals surface area contributed by atoms with Crippen LogP contribution in [0.5, 0.6) is 5.75 Å². The molecular weight excluding hydrogens is 210 g/mol. The van der Waals surface area contributed by atoms with Gasteiger partial charge in [-0.05, 0) is 56.5 Å². The summed E-state index contributed by atoms with van der Waals surface area (Å²) in [6, 6.07) is 4.37. The second-order valence-electron chi connectivity index (χ2n) is 5.02. The summed E-state index contributed by atoms with van der Waals surface area (Å²) in [5.74, 6) is 2.12. The highest BCUT2D eigenvalue weighted by Gasteiger charge is 2.19. The average molecular weight is 235 g/mol. The van der Waals surface area contributed by atoms with Crippen molar-refractivity contribution in [1.29, 1.82) is 0 Å². The Morgan fingerprint density at radius 2 is 1.88 bits per heavy atom. The van der Waals surface area contributed by atoms with E-state index < -0.39 is 0 Å². The van der Waals surface area contributed by atoms with Gasteiger partial charge < -0.3 is 10.1 Å². The Hall–Kier alpha value is -1.02. The van der Waals surface area contributed by atoms with Crippen molar-refractivity contribution in [1.82, 2.24) is 5.32 Å². The summed E-state index contributed by atoms with van der Waals surface area (Å²) < 4.78 is 5.54.